The number of hydrogen-bond donors (Lipinski definition) is 7. The van der Waals surface area contributed by atoms with Gasteiger partial charge in [-0.15, -0.1) is 0 Å². The fraction of sp³-hybridized carbons (Fsp3) is 0.963. The highest BCUT2D eigenvalue weighted by atomic mass is 31.2. The smallest absolute Gasteiger partial charge is 0.463 e. The summed E-state index contributed by atoms with van der Waals surface area (Å²) in [5.74, 6) is -0.693. The number of esters is 1. The van der Waals surface area contributed by atoms with Crippen LogP contribution in [-0.2, 0) is 23.1 Å². The summed E-state index contributed by atoms with van der Waals surface area (Å²) >= 11 is 0. The average molecular weight is 604 g/mol. The van der Waals surface area contributed by atoms with Crippen molar-refractivity contribution in [2.24, 2.45) is 0 Å². The summed E-state index contributed by atoms with van der Waals surface area (Å²) in [6, 6.07) is 0. The van der Waals surface area contributed by atoms with E-state index in [4.69, 9.17) is 11.2 Å². The molecule has 0 aromatic carbocycles. The van der Waals surface area contributed by atoms with Gasteiger partial charge >= 0.3 is 13.8 Å². The first-order valence-corrected chi connectivity index (χ1v) is 16.2. The van der Waals surface area contributed by atoms with Crippen LogP contribution >= 0.6 is 7.82 Å². The molecule has 240 valence electrons. The van der Waals surface area contributed by atoms with E-state index in [9.17, 15) is 39.8 Å². The third-order valence-corrected chi connectivity index (χ3v) is 7.52. The molecule has 0 rings (SSSR count). The van der Waals surface area contributed by atoms with Crippen LogP contribution in [0.2, 0.25) is 0 Å². The Kier molecular flexibility index (Phi) is 23.3. The van der Waals surface area contributed by atoms with E-state index >= 15 is 0 Å². The lowest BCUT2D eigenvalue weighted by atomic mass is 10.0. The van der Waals surface area contributed by atoms with Crippen LogP contribution < -0.4 is 0 Å². The molecule has 0 saturated heterocycles. The molecule has 0 aromatic heterocycles. The van der Waals surface area contributed by atoms with Crippen molar-refractivity contribution in [1.29, 1.82) is 0 Å². The van der Waals surface area contributed by atoms with Gasteiger partial charge in [-0.05, 0) is 6.42 Å². The zero-order valence-electron chi connectivity index (χ0n) is 25.0. The molecule has 0 aromatic rings. The number of carbonyl (C=O) groups excluding carboxylic acids is 1. The Morgan fingerprint density at radius 2 is 1.25 bits per heavy atom. The second-order valence-electron chi connectivity index (χ2n) is 10.2. The molecule has 0 aliphatic heterocycles. The van der Waals surface area contributed by atoms with Crippen molar-refractivity contribution in [2.75, 3.05) is 26.4 Å². The number of ether oxygens (including phenoxy) is 1. The summed E-state index contributed by atoms with van der Waals surface area (Å²) in [5, 5.41) is 56.9. The average Bonchev–Trinajstić information content (AvgIpc) is 2.95. The van der Waals surface area contributed by atoms with Crippen LogP contribution in [-0.4, -0.2) is 98.4 Å². The van der Waals surface area contributed by atoms with Gasteiger partial charge in [-0.2, -0.15) is 0 Å². The Morgan fingerprint density at radius 3 is 1.70 bits per heavy atom. The van der Waals surface area contributed by atoms with Crippen LogP contribution in [0, 0.1) is 0 Å². The number of aliphatic hydroxyl groups is 6. The molecule has 2 unspecified atom stereocenters. The maximum Gasteiger partial charge on any atom is 0.472 e. The summed E-state index contributed by atoms with van der Waals surface area (Å²) < 4.78 is 33.8. The molecule has 7 N–H and O–H groups in total. The van der Waals surface area contributed by atoms with Gasteiger partial charge in [0.05, 0.1) is 21.2 Å². The molecule has 0 amide bonds. The number of rotatable bonds is 28. The Hall–Kier alpha value is -0.660. The number of hydrogen-bond acceptors (Lipinski definition) is 11. The SMILES string of the molecule is [2H]C(OC(=O)CCCCCCCCCCCCCCCCC)[C@@H](O)COP(=O)(O)O[C@H](CO)[C@@H](O)[C@H](O)[C@H](O)CO. The van der Waals surface area contributed by atoms with Crippen molar-refractivity contribution in [3.8, 4) is 0 Å². The lowest BCUT2D eigenvalue weighted by Gasteiger charge is -2.28. The van der Waals surface area contributed by atoms with Gasteiger partial charge in [0.15, 0.2) is 0 Å². The molecular formula is C27H55O12P. The van der Waals surface area contributed by atoms with E-state index < -0.39 is 70.7 Å². The first-order chi connectivity index (χ1) is 19.5. The zero-order valence-corrected chi connectivity index (χ0v) is 24.9. The van der Waals surface area contributed by atoms with Gasteiger partial charge in [0.25, 0.3) is 0 Å². The van der Waals surface area contributed by atoms with Gasteiger partial charge in [-0.25, -0.2) is 4.57 Å². The van der Waals surface area contributed by atoms with Crippen molar-refractivity contribution in [2.45, 2.75) is 140 Å². The number of unbranched alkanes of at least 4 members (excludes halogenated alkanes) is 14. The second-order valence-corrected chi connectivity index (χ2v) is 11.6. The van der Waals surface area contributed by atoms with E-state index in [1.54, 1.807) is 0 Å². The minimum atomic E-state index is -5.03. The van der Waals surface area contributed by atoms with Crippen molar-refractivity contribution in [3.63, 3.8) is 0 Å². The van der Waals surface area contributed by atoms with E-state index in [0.29, 0.717) is 6.42 Å². The van der Waals surface area contributed by atoms with E-state index in [1.807, 2.05) is 0 Å². The summed E-state index contributed by atoms with van der Waals surface area (Å²) in [6.07, 6.45) is 8.29. The fourth-order valence-corrected chi connectivity index (χ4v) is 4.96. The van der Waals surface area contributed by atoms with Crippen LogP contribution in [0.5, 0.6) is 0 Å². The highest BCUT2D eigenvalue weighted by Gasteiger charge is 2.37. The van der Waals surface area contributed by atoms with Gasteiger partial charge in [0, 0.05) is 6.42 Å². The fourth-order valence-electron chi connectivity index (χ4n) is 4.02. The Labute approximate surface area is 240 Å². The maximum absolute atomic E-state index is 12.1. The van der Waals surface area contributed by atoms with E-state index in [1.165, 1.54) is 70.6 Å². The van der Waals surface area contributed by atoms with Crippen LogP contribution in [0.3, 0.4) is 0 Å². The molecule has 0 aliphatic carbocycles. The van der Waals surface area contributed by atoms with Gasteiger partial charge < -0.3 is 40.3 Å². The lowest BCUT2D eigenvalue weighted by molar-refractivity contribution is -0.147. The highest BCUT2D eigenvalue weighted by Crippen LogP contribution is 2.45. The number of phosphoric acid groups is 1. The molecule has 0 radical (unpaired) electrons. The molecule has 0 bridgehead atoms. The summed E-state index contributed by atoms with van der Waals surface area (Å²) in [6.45, 7) is -2.51. The molecular weight excluding hydrogens is 547 g/mol. The molecule has 13 heteroatoms. The third-order valence-electron chi connectivity index (χ3n) is 6.51. The molecule has 0 fully saturated rings. The topological polar surface area (TPSA) is 203 Å². The first-order valence-electron chi connectivity index (χ1n) is 15.3. The normalized spacial score (nSPS) is 18.2. The third kappa shape index (κ3) is 21.1. The Balaban J connectivity index is 4.01. The number of carbonyl (C=O) groups is 1. The van der Waals surface area contributed by atoms with Crippen LogP contribution in [0.1, 0.15) is 111 Å². The molecule has 7 atom stereocenters. The van der Waals surface area contributed by atoms with E-state index in [0.717, 1.165) is 19.3 Å². The summed E-state index contributed by atoms with van der Waals surface area (Å²) in [7, 11) is -5.03. The minimum absolute atomic E-state index is 0.0703. The Morgan fingerprint density at radius 1 is 0.775 bits per heavy atom. The van der Waals surface area contributed by atoms with Gasteiger partial charge in [0.2, 0.25) is 0 Å². The van der Waals surface area contributed by atoms with Crippen molar-refractivity contribution in [3.05, 3.63) is 0 Å². The van der Waals surface area contributed by atoms with Crippen LogP contribution in [0.15, 0.2) is 0 Å². The predicted molar refractivity (Wildman–Crippen MR) is 149 cm³/mol. The van der Waals surface area contributed by atoms with Gasteiger partial charge in [-0.3, -0.25) is 13.8 Å². The van der Waals surface area contributed by atoms with E-state index in [-0.39, 0.29) is 6.42 Å². The standard InChI is InChI=1S/C27H55O12P/c1-2-3-4-5-6-7-8-9-10-11-12-13-14-15-16-17-25(32)37-20-22(30)21-38-40(35,36)39-24(19-29)27(34)26(33)23(31)18-28/h22-24,26-31,33-34H,2-21H2,1H3,(H,35,36)/t22-,23-,24-,26-,27-/m1/s1/i20D/t20?,22-,23-,24-,26-,27-. The maximum atomic E-state index is 12.1. The van der Waals surface area contributed by atoms with Crippen LogP contribution in [0.4, 0.5) is 0 Å². The quantitative estimate of drug-likeness (QED) is 0.0392. The molecule has 0 spiro atoms. The highest BCUT2D eigenvalue weighted by molar-refractivity contribution is 7.47. The Bertz CT molecular complexity index is 689. The number of aliphatic hydroxyl groups excluding tert-OH is 6. The van der Waals surface area contributed by atoms with E-state index in [2.05, 4.69) is 16.0 Å². The lowest BCUT2D eigenvalue weighted by Crippen LogP contribution is -2.47. The molecule has 12 nitrogen and oxygen atoms in total. The number of phosphoric ester groups is 1. The molecule has 0 aliphatic rings. The summed E-state index contributed by atoms with van der Waals surface area (Å²) in [4.78, 5) is 21.7. The molecule has 0 saturated carbocycles. The van der Waals surface area contributed by atoms with Gasteiger partial charge in [-0.1, -0.05) is 96.8 Å². The van der Waals surface area contributed by atoms with Gasteiger partial charge in [0.1, 0.15) is 37.1 Å². The van der Waals surface area contributed by atoms with Crippen molar-refractivity contribution >= 4 is 13.8 Å². The predicted octanol–water partition coefficient (Wildman–Crippen LogP) is 2.72. The zero-order chi connectivity index (χ0) is 31.1. The van der Waals surface area contributed by atoms with Crippen molar-refractivity contribution in [1.82, 2.24) is 0 Å². The molecule has 0 heterocycles. The second kappa shape index (κ2) is 24.9. The van der Waals surface area contributed by atoms with Crippen molar-refractivity contribution < 1.29 is 60.0 Å². The summed E-state index contributed by atoms with van der Waals surface area (Å²) in [5.41, 5.74) is 0. The molecule has 40 heavy (non-hydrogen) atoms. The largest absolute Gasteiger partial charge is 0.472 e. The first kappa shape index (κ1) is 37.4. The monoisotopic (exact) mass is 603 g/mol. The minimum Gasteiger partial charge on any atom is -0.463 e. The van der Waals surface area contributed by atoms with Crippen LogP contribution in [0.25, 0.3) is 0 Å².